The third-order valence-corrected chi connectivity index (χ3v) is 6.79. The number of fused-ring (bicyclic) bond motifs is 1. The Morgan fingerprint density at radius 3 is 2.48 bits per heavy atom. The van der Waals surface area contributed by atoms with Gasteiger partial charge in [0.15, 0.2) is 11.5 Å². The number of nitrogens with one attached hydrogen (secondary N) is 1. The van der Waals surface area contributed by atoms with Crippen molar-refractivity contribution in [1.29, 1.82) is 0 Å². The van der Waals surface area contributed by atoms with Gasteiger partial charge in [-0.05, 0) is 66.9 Å². The maximum absolute atomic E-state index is 13.1. The van der Waals surface area contributed by atoms with Crippen LogP contribution in [0.3, 0.4) is 0 Å². The van der Waals surface area contributed by atoms with Gasteiger partial charge in [0.25, 0.3) is 0 Å². The van der Waals surface area contributed by atoms with Gasteiger partial charge >= 0.3 is 6.18 Å². The molecule has 3 aromatic carbocycles. The maximum Gasteiger partial charge on any atom is 0.417 e. The first-order valence-electron chi connectivity index (χ1n) is 12.3. The lowest BCUT2D eigenvalue weighted by Crippen LogP contribution is -2.29. The summed E-state index contributed by atoms with van der Waals surface area (Å²) in [5.74, 6) is 1.63. The Labute approximate surface area is 233 Å². The van der Waals surface area contributed by atoms with E-state index in [0.29, 0.717) is 46.2 Å². The second-order valence-corrected chi connectivity index (χ2v) is 10.1. The van der Waals surface area contributed by atoms with E-state index in [1.54, 1.807) is 55.8 Å². The van der Waals surface area contributed by atoms with E-state index in [-0.39, 0.29) is 17.5 Å². The topological polar surface area (TPSA) is 95.7 Å². The number of halogens is 4. The smallest absolute Gasteiger partial charge is 0.417 e. The van der Waals surface area contributed by atoms with Crippen LogP contribution in [0.25, 0.3) is 10.9 Å². The van der Waals surface area contributed by atoms with Crippen molar-refractivity contribution in [2.24, 2.45) is 5.73 Å². The number of aromatic nitrogens is 1. The van der Waals surface area contributed by atoms with Gasteiger partial charge in [-0.25, -0.2) is 0 Å². The van der Waals surface area contributed by atoms with Gasteiger partial charge in [0.05, 0.1) is 35.2 Å². The van der Waals surface area contributed by atoms with E-state index in [0.717, 1.165) is 25.0 Å². The number of hydrogen-bond donors (Lipinski definition) is 2. The number of pyridine rings is 1. The molecular weight excluding hydrogens is 547 g/mol. The molecule has 0 aliphatic heterocycles. The summed E-state index contributed by atoms with van der Waals surface area (Å²) in [7, 11) is 1.55. The minimum atomic E-state index is -4.61. The van der Waals surface area contributed by atoms with Gasteiger partial charge in [0.2, 0.25) is 5.91 Å². The Hall–Kier alpha value is -4.02. The van der Waals surface area contributed by atoms with Crippen LogP contribution in [-0.2, 0) is 17.4 Å². The molecule has 1 saturated carbocycles. The summed E-state index contributed by atoms with van der Waals surface area (Å²) in [4.78, 5) is 16.9. The summed E-state index contributed by atoms with van der Waals surface area (Å²) < 4.78 is 56.8. The number of ether oxygens (including phenoxy) is 3. The van der Waals surface area contributed by atoms with Crippen molar-refractivity contribution in [3.8, 4) is 23.0 Å². The molecule has 1 amide bonds. The molecule has 3 N–H and O–H groups in total. The van der Waals surface area contributed by atoms with Crippen LogP contribution in [0.2, 0.25) is 5.02 Å². The van der Waals surface area contributed by atoms with E-state index in [9.17, 15) is 18.0 Å². The second-order valence-electron chi connectivity index (χ2n) is 9.64. The van der Waals surface area contributed by atoms with Gasteiger partial charge in [-0.15, -0.1) is 0 Å². The molecule has 1 aliphatic carbocycles. The monoisotopic (exact) mass is 571 g/mol. The molecule has 5 rings (SSSR count). The zero-order chi connectivity index (χ0) is 28.5. The van der Waals surface area contributed by atoms with Gasteiger partial charge in [0.1, 0.15) is 18.1 Å². The lowest BCUT2D eigenvalue weighted by molar-refractivity contribution is -0.137. The fourth-order valence-corrected chi connectivity index (χ4v) is 4.26. The standard InChI is InChI=1S/C29H25ClF3N3O4/c1-38-25-14-20-23(15-26(25)39-16-28(34)9-10-28)35-11-8-24(20)40-19-5-3-18(4-6-19)36-27(37)13-17-2-7-22(30)21(12-17)29(31,32)33/h2-8,11-12,14-15H,9-10,13,16,34H2,1H3,(H,36,37). The van der Waals surface area contributed by atoms with E-state index in [4.69, 9.17) is 31.5 Å². The zero-order valence-electron chi connectivity index (χ0n) is 21.3. The average molecular weight is 572 g/mol. The van der Waals surface area contributed by atoms with Crippen LogP contribution in [0.5, 0.6) is 23.0 Å². The summed E-state index contributed by atoms with van der Waals surface area (Å²) in [6.07, 6.45) is -1.39. The van der Waals surface area contributed by atoms with Crippen LogP contribution in [0.4, 0.5) is 18.9 Å². The van der Waals surface area contributed by atoms with E-state index in [1.165, 1.54) is 6.07 Å². The number of nitrogens with two attached hydrogens (primary N) is 1. The minimum Gasteiger partial charge on any atom is -0.493 e. The maximum atomic E-state index is 13.1. The summed E-state index contributed by atoms with van der Waals surface area (Å²) in [5, 5.41) is 2.96. The first-order valence-corrected chi connectivity index (χ1v) is 12.7. The van der Waals surface area contributed by atoms with Crippen LogP contribution in [-0.4, -0.2) is 30.1 Å². The van der Waals surface area contributed by atoms with Crippen LogP contribution >= 0.6 is 11.6 Å². The highest BCUT2D eigenvalue weighted by Crippen LogP contribution is 2.39. The van der Waals surface area contributed by atoms with E-state index in [1.807, 2.05) is 0 Å². The van der Waals surface area contributed by atoms with Gasteiger partial charge in [-0.1, -0.05) is 17.7 Å². The normalized spacial score (nSPS) is 14.1. The third-order valence-electron chi connectivity index (χ3n) is 6.46. The summed E-state index contributed by atoms with van der Waals surface area (Å²) in [6.45, 7) is 0.391. The van der Waals surface area contributed by atoms with Crippen molar-refractivity contribution in [3.63, 3.8) is 0 Å². The number of carbonyl (C=O) groups excluding carboxylic acids is 1. The molecule has 1 fully saturated rings. The zero-order valence-corrected chi connectivity index (χ0v) is 22.1. The van der Waals surface area contributed by atoms with Crippen LogP contribution < -0.4 is 25.3 Å². The number of nitrogens with zero attached hydrogens (tertiary/aromatic N) is 1. The Morgan fingerprint density at radius 1 is 1.05 bits per heavy atom. The van der Waals surface area contributed by atoms with E-state index >= 15 is 0 Å². The molecular formula is C29H25ClF3N3O4. The molecule has 11 heteroatoms. The highest BCUT2D eigenvalue weighted by atomic mass is 35.5. The van der Waals surface area contributed by atoms with Crippen molar-refractivity contribution in [2.75, 3.05) is 19.0 Å². The molecule has 1 aliphatic rings. The molecule has 40 heavy (non-hydrogen) atoms. The van der Waals surface area contributed by atoms with Crippen LogP contribution in [0, 0.1) is 0 Å². The summed E-state index contributed by atoms with van der Waals surface area (Å²) in [5.41, 5.74) is 6.18. The number of alkyl halides is 3. The fraction of sp³-hybridized carbons (Fsp3) is 0.241. The van der Waals surface area contributed by atoms with Gasteiger partial charge in [-0.3, -0.25) is 9.78 Å². The summed E-state index contributed by atoms with van der Waals surface area (Å²) in [6, 6.07) is 15.3. The van der Waals surface area contributed by atoms with Gasteiger partial charge in [0, 0.05) is 23.3 Å². The molecule has 0 unspecified atom stereocenters. The quantitative estimate of drug-likeness (QED) is 0.230. The second kappa shape index (κ2) is 10.9. The lowest BCUT2D eigenvalue weighted by Gasteiger charge is -2.16. The van der Waals surface area contributed by atoms with E-state index < -0.39 is 22.7 Å². The Kier molecular flexibility index (Phi) is 7.48. The lowest BCUT2D eigenvalue weighted by atomic mass is 10.1. The predicted molar refractivity (Wildman–Crippen MR) is 145 cm³/mol. The molecule has 0 atom stereocenters. The minimum absolute atomic E-state index is 0.192. The molecule has 0 bridgehead atoms. The molecule has 1 heterocycles. The highest BCUT2D eigenvalue weighted by molar-refractivity contribution is 6.31. The molecule has 0 saturated heterocycles. The first kappa shape index (κ1) is 27.5. The number of hydrogen-bond acceptors (Lipinski definition) is 6. The number of amides is 1. The number of methoxy groups -OCH3 is 1. The van der Waals surface area contributed by atoms with Crippen molar-refractivity contribution in [3.05, 3.63) is 83.0 Å². The number of carbonyl (C=O) groups is 1. The molecule has 1 aromatic heterocycles. The third kappa shape index (κ3) is 6.40. The molecule has 0 radical (unpaired) electrons. The number of rotatable bonds is 9. The SMILES string of the molecule is COc1cc2c(Oc3ccc(NC(=O)Cc4ccc(Cl)c(C(F)(F)F)c4)cc3)ccnc2cc1OCC1(N)CC1. The summed E-state index contributed by atoms with van der Waals surface area (Å²) >= 11 is 5.65. The molecule has 4 aromatic rings. The Morgan fingerprint density at radius 2 is 1.80 bits per heavy atom. The average Bonchev–Trinajstić information content (AvgIpc) is 3.66. The van der Waals surface area contributed by atoms with Crippen molar-refractivity contribution < 1.29 is 32.2 Å². The van der Waals surface area contributed by atoms with Gasteiger partial charge < -0.3 is 25.3 Å². The molecule has 7 nitrogen and oxygen atoms in total. The Balaban J connectivity index is 1.26. The number of anilines is 1. The van der Waals surface area contributed by atoms with Crippen LogP contribution in [0.15, 0.2) is 66.9 Å². The molecule has 208 valence electrons. The van der Waals surface area contributed by atoms with Crippen molar-refractivity contribution >= 4 is 34.1 Å². The number of benzene rings is 3. The van der Waals surface area contributed by atoms with Gasteiger partial charge in [-0.2, -0.15) is 13.2 Å². The van der Waals surface area contributed by atoms with Crippen molar-refractivity contribution in [2.45, 2.75) is 31.0 Å². The predicted octanol–water partition coefficient (Wildman–Crippen LogP) is 6.76. The van der Waals surface area contributed by atoms with Crippen LogP contribution in [0.1, 0.15) is 24.0 Å². The highest BCUT2D eigenvalue weighted by Gasteiger charge is 2.39. The molecule has 0 spiro atoms. The fourth-order valence-electron chi connectivity index (χ4n) is 4.04. The first-order chi connectivity index (χ1) is 19.0. The Bertz CT molecular complexity index is 1560. The van der Waals surface area contributed by atoms with Crippen molar-refractivity contribution in [1.82, 2.24) is 4.98 Å². The van der Waals surface area contributed by atoms with E-state index in [2.05, 4.69) is 10.3 Å². The largest absolute Gasteiger partial charge is 0.493 e.